The SMILES string of the molecule is c1ccc(-c2nc(-n3c4ccccc4c4ccc(-c5ccc6c(c5)c5ccccc5n6-c5ccccc5)cc43)nc(-n3c4ccccc4c4ccc(-c5ccc6c(c5)c5ccccc5n6-c5ccccc5)cc43)n2)cc1. The molecule has 5 aromatic heterocycles. The van der Waals surface area contributed by atoms with Gasteiger partial charge >= 0.3 is 0 Å². The van der Waals surface area contributed by atoms with Crippen LogP contribution in [0.4, 0.5) is 0 Å². The molecule has 0 saturated heterocycles. The summed E-state index contributed by atoms with van der Waals surface area (Å²) in [7, 11) is 0. The summed E-state index contributed by atoms with van der Waals surface area (Å²) in [5, 5.41) is 9.34. The molecule has 0 radical (unpaired) electrons. The Morgan fingerprint density at radius 1 is 0.197 bits per heavy atom. The van der Waals surface area contributed by atoms with Crippen molar-refractivity contribution in [1.82, 2.24) is 33.2 Å². The Bertz CT molecular complexity index is 4690. The summed E-state index contributed by atoms with van der Waals surface area (Å²) in [6.45, 7) is 0. The normalized spacial score (nSPS) is 11.9. The molecule has 0 unspecified atom stereocenters. The van der Waals surface area contributed by atoms with Gasteiger partial charge in [-0.25, -0.2) is 0 Å². The van der Waals surface area contributed by atoms with Crippen molar-refractivity contribution < 1.29 is 0 Å². The highest BCUT2D eigenvalue weighted by Crippen LogP contribution is 2.41. The minimum atomic E-state index is 0.538. The summed E-state index contributed by atoms with van der Waals surface area (Å²) >= 11 is 0. The van der Waals surface area contributed by atoms with Gasteiger partial charge in [0.25, 0.3) is 0 Å². The standard InChI is InChI=1S/C69H43N7/c1-4-18-44(19-5-1)67-70-68(75-61-30-16-10-24-51(61)55-36-32-47(42-65(55)75)45-34-38-63-57(40-45)53-26-12-14-28-59(53)73(63)49-20-6-2-7-21-49)72-69(71-67)76-62-31-17-11-25-52(62)56-37-33-48(43-66(56)76)46-35-39-64-58(41-46)54-27-13-15-29-60(54)74(64)50-22-8-3-9-23-50/h1-43H. The molecule has 0 saturated carbocycles. The lowest BCUT2D eigenvalue weighted by Crippen LogP contribution is -2.10. The van der Waals surface area contributed by atoms with Gasteiger partial charge in [0.1, 0.15) is 0 Å². The third kappa shape index (κ3) is 6.39. The number of nitrogens with zero attached hydrogens (tertiary/aromatic N) is 7. The Labute approximate surface area is 436 Å². The second-order valence-electron chi connectivity index (χ2n) is 19.6. The maximum absolute atomic E-state index is 5.56. The smallest absolute Gasteiger partial charge is 0.240 e. The number of rotatable bonds is 7. The van der Waals surface area contributed by atoms with E-state index in [2.05, 4.69) is 261 Å². The summed E-state index contributed by atoms with van der Waals surface area (Å²) in [6.07, 6.45) is 0. The third-order valence-electron chi connectivity index (χ3n) is 15.4. The van der Waals surface area contributed by atoms with Crippen LogP contribution in [0.2, 0.25) is 0 Å². The van der Waals surface area contributed by atoms with Gasteiger partial charge in [-0.05, 0) is 107 Å². The van der Waals surface area contributed by atoms with Crippen LogP contribution in [0, 0.1) is 0 Å². The van der Waals surface area contributed by atoms with E-state index >= 15 is 0 Å². The van der Waals surface area contributed by atoms with E-state index in [0.29, 0.717) is 17.7 Å². The summed E-state index contributed by atoms with van der Waals surface area (Å²) in [6, 6.07) is 93.4. The monoisotopic (exact) mass is 969 g/mol. The van der Waals surface area contributed by atoms with Crippen molar-refractivity contribution in [3.05, 3.63) is 261 Å². The maximum Gasteiger partial charge on any atom is 0.240 e. The topological polar surface area (TPSA) is 58.4 Å². The van der Waals surface area contributed by atoms with E-state index in [0.717, 1.165) is 82.8 Å². The third-order valence-corrected chi connectivity index (χ3v) is 15.4. The zero-order valence-corrected chi connectivity index (χ0v) is 41.0. The van der Waals surface area contributed by atoms with Crippen molar-refractivity contribution in [2.24, 2.45) is 0 Å². The van der Waals surface area contributed by atoms with Crippen molar-refractivity contribution in [2.75, 3.05) is 0 Å². The Hall–Kier alpha value is -10.4. The van der Waals surface area contributed by atoms with Gasteiger partial charge in [-0.3, -0.25) is 9.13 Å². The highest BCUT2D eigenvalue weighted by atomic mass is 15.3. The lowest BCUT2D eigenvalue weighted by Gasteiger charge is -2.13. The van der Waals surface area contributed by atoms with Crippen LogP contribution < -0.4 is 0 Å². The summed E-state index contributed by atoms with van der Waals surface area (Å²) < 4.78 is 9.18. The molecule has 7 heteroatoms. The number of fused-ring (bicyclic) bond motifs is 12. The first-order valence-corrected chi connectivity index (χ1v) is 25.8. The Kier molecular flexibility index (Phi) is 9.20. The van der Waals surface area contributed by atoms with Crippen molar-refractivity contribution >= 4 is 87.2 Å². The van der Waals surface area contributed by atoms with E-state index in [1.54, 1.807) is 0 Å². The summed E-state index contributed by atoms with van der Waals surface area (Å²) in [5.74, 6) is 1.66. The van der Waals surface area contributed by atoms with E-state index in [9.17, 15) is 0 Å². The molecule has 0 aliphatic rings. The minimum absolute atomic E-state index is 0.538. The van der Waals surface area contributed by atoms with Crippen molar-refractivity contribution in [3.8, 4) is 56.9 Å². The second-order valence-corrected chi connectivity index (χ2v) is 19.6. The first-order valence-electron chi connectivity index (χ1n) is 25.8. The van der Waals surface area contributed by atoms with Crippen molar-refractivity contribution in [2.45, 2.75) is 0 Å². The molecule has 11 aromatic carbocycles. The number of para-hydroxylation sites is 6. The fourth-order valence-electron chi connectivity index (χ4n) is 12.0. The molecular formula is C69H43N7. The van der Waals surface area contributed by atoms with E-state index in [-0.39, 0.29) is 0 Å². The fourth-order valence-corrected chi connectivity index (χ4v) is 12.0. The van der Waals surface area contributed by atoms with Gasteiger partial charge in [-0.15, -0.1) is 0 Å². The minimum Gasteiger partial charge on any atom is -0.309 e. The Morgan fingerprint density at radius 3 is 0.947 bits per heavy atom. The highest BCUT2D eigenvalue weighted by Gasteiger charge is 2.23. The number of hydrogen-bond donors (Lipinski definition) is 0. The van der Waals surface area contributed by atoms with Crippen LogP contribution in [0.5, 0.6) is 0 Å². The maximum atomic E-state index is 5.56. The highest BCUT2D eigenvalue weighted by molar-refractivity contribution is 6.14. The predicted molar refractivity (Wildman–Crippen MR) is 313 cm³/mol. The zero-order valence-electron chi connectivity index (χ0n) is 41.0. The van der Waals surface area contributed by atoms with Crippen LogP contribution in [0.25, 0.3) is 144 Å². The molecule has 0 aliphatic carbocycles. The lowest BCUT2D eigenvalue weighted by molar-refractivity contribution is 0.893. The summed E-state index contributed by atoms with van der Waals surface area (Å²) in [5.41, 5.74) is 16.4. The zero-order chi connectivity index (χ0) is 49.8. The van der Waals surface area contributed by atoms with E-state index in [1.807, 2.05) is 18.2 Å². The van der Waals surface area contributed by atoms with E-state index in [4.69, 9.17) is 15.0 Å². The Morgan fingerprint density at radius 2 is 0.513 bits per heavy atom. The molecule has 16 rings (SSSR count). The van der Waals surface area contributed by atoms with Crippen molar-refractivity contribution in [1.29, 1.82) is 0 Å². The van der Waals surface area contributed by atoms with Gasteiger partial charge in [0.2, 0.25) is 11.9 Å². The van der Waals surface area contributed by atoms with Crippen molar-refractivity contribution in [3.63, 3.8) is 0 Å². The van der Waals surface area contributed by atoms with Crippen LogP contribution in [-0.2, 0) is 0 Å². The molecule has 0 atom stereocenters. The van der Waals surface area contributed by atoms with Crippen LogP contribution in [0.3, 0.4) is 0 Å². The molecule has 0 spiro atoms. The molecule has 0 bridgehead atoms. The molecule has 0 fully saturated rings. The molecule has 7 nitrogen and oxygen atoms in total. The largest absolute Gasteiger partial charge is 0.309 e. The molecule has 0 N–H and O–H groups in total. The van der Waals surface area contributed by atoms with E-state index < -0.39 is 0 Å². The average Bonchev–Trinajstić information content (AvgIpc) is 4.30. The number of hydrogen-bond acceptors (Lipinski definition) is 3. The number of aromatic nitrogens is 7. The molecule has 76 heavy (non-hydrogen) atoms. The average molecular weight is 970 g/mol. The molecule has 354 valence electrons. The molecule has 5 heterocycles. The van der Waals surface area contributed by atoms with E-state index in [1.165, 1.54) is 43.6 Å². The summed E-state index contributed by atoms with van der Waals surface area (Å²) in [4.78, 5) is 16.3. The quantitative estimate of drug-likeness (QED) is 0.160. The van der Waals surface area contributed by atoms with Gasteiger partial charge in [0, 0.05) is 60.0 Å². The second kappa shape index (κ2) is 16.6. The van der Waals surface area contributed by atoms with Crippen LogP contribution in [-0.4, -0.2) is 33.2 Å². The van der Waals surface area contributed by atoms with Crippen LogP contribution in [0.15, 0.2) is 261 Å². The number of benzene rings is 11. The van der Waals surface area contributed by atoms with Gasteiger partial charge in [-0.2, -0.15) is 15.0 Å². The van der Waals surface area contributed by atoms with Gasteiger partial charge in [0.05, 0.1) is 44.1 Å². The fraction of sp³-hybridized carbons (Fsp3) is 0. The van der Waals surface area contributed by atoms with Crippen LogP contribution >= 0.6 is 0 Å². The molecule has 0 amide bonds. The molecule has 0 aliphatic heterocycles. The predicted octanol–water partition coefficient (Wildman–Crippen LogP) is 17.3. The lowest BCUT2D eigenvalue weighted by atomic mass is 10.0. The van der Waals surface area contributed by atoms with Crippen LogP contribution in [0.1, 0.15) is 0 Å². The first kappa shape index (κ1) is 42.2. The first-order chi connectivity index (χ1) is 37.7. The van der Waals surface area contributed by atoms with Gasteiger partial charge in [-0.1, -0.05) is 176 Å². The van der Waals surface area contributed by atoms with Gasteiger partial charge < -0.3 is 9.13 Å². The molecule has 16 aromatic rings. The van der Waals surface area contributed by atoms with Gasteiger partial charge in [0.15, 0.2) is 5.82 Å². The Balaban J connectivity index is 0.900. The molecular weight excluding hydrogens is 927 g/mol.